The molecule has 0 radical (unpaired) electrons. The molecule has 2 aliphatic rings. The monoisotopic (exact) mass is 211 g/mol. The van der Waals surface area contributed by atoms with Crippen molar-refractivity contribution < 1.29 is 0 Å². The first-order valence-corrected chi connectivity index (χ1v) is 6.51. The van der Waals surface area contributed by atoms with Crippen molar-refractivity contribution >= 4 is 0 Å². The summed E-state index contributed by atoms with van der Waals surface area (Å²) >= 11 is 0. The fourth-order valence-electron chi connectivity index (χ4n) is 2.90. The quantitative estimate of drug-likeness (QED) is 0.693. The van der Waals surface area contributed by atoms with Gasteiger partial charge in [-0.25, -0.2) is 0 Å². The van der Waals surface area contributed by atoms with Gasteiger partial charge < -0.3 is 10.2 Å². The van der Waals surface area contributed by atoms with Crippen LogP contribution in [0.25, 0.3) is 0 Å². The second-order valence-corrected chi connectivity index (χ2v) is 4.94. The molecular weight excluding hydrogens is 186 g/mol. The molecule has 2 rings (SSSR count). The molecule has 0 aliphatic carbocycles. The molecule has 2 heterocycles. The van der Waals surface area contributed by atoms with Gasteiger partial charge in [-0.1, -0.05) is 6.42 Å². The summed E-state index contributed by atoms with van der Waals surface area (Å²) < 4.78 is 0. The van der Waals surface area contributed by atoms with E-state index < -0.39 is 0 Å². The molecule has 2 aliphatic heterocycles. The number of hydrogen-bond donors (Lipinski definition) is 1. The van der Waals surface area contributed by atoms with Gasteiger partial charge in [0.2, 0.25) is 0 Å². The lowest BCUT2D eigenvalue weighted by Crippen LogP contribution is -2.54. The largest absolute Gasteiger partial charge is 0.320 e. The van der Waals surface area contributed by atoms with Gasteiger partial charge in [0.1, 0.15) is 0 Å². The number of fused-ring (bicyclic) bond motifs is 1. The number of piperazine rings is 1. The van der Waals surface area contributed by atoms with Crippen LogP contribution in [0.15, 0.2) is 0 Å². The smallest absolute Gasteiger partial charge is 0.0223 e. The van der Waals surface area contributed by atoms with Gasteiger partial charge >= 0.3 is 0 Å². The molecule has 0 saturated carbocycles. The van der Waals surface area contributed by atoms with Crippen LogP contribution >= 0.6 is 0 Å². The Morgan fingerprint density at radius 3 is 3.00 bits per heavy atom. The molecule has 0 spiro atoms. The Bertz CT molecular complexity index is 182. The van der Waals surface area contributed by atoms with Crippen molar-refractivity contribution in [1.29, 1.82) is 0 Å². The van der Waals surface area contributed by atoms with E-state index in [1.54, 1.807) is 0 Å². The zero-order valence-electron chi connectivity index (χ0n) is 10.0. The number of nitrogens with one attached hydrogen (secondary N) is 1. The maximum Gasteiger partial charge on any atom is 0.0223 e. The summed E-state index contributed by atoms with van der Waals surface area (Å²) in [5.41, 5.74) is 0. The Balaban J connectivity index is 1.71. The van der Waals surface area contributed by atoms with Crippen molar-refractivity contribution in [3.05, 3.63) is 0 Å². The van der Waals surface area contributed by atoms with Crippen LogP contribution in [0, 0.1) is 0 Å². The van der Waals surface area contributed by atoms with Gasteiger partial charge in [-0.05, 0) is 45.9 Å². The summed E-state index contributed by atoms with van der Waals surface area (Å²) in [4.78, 5) is 5.36. The lowest BCUT2D eigenvalue weighted by Gasteiger charge is -2.44. The van der Waals surface area contributed by atoms with E-state index >= 15 is 0 Å². The van der Waals surface area contributed by atoms with Gasteiger partial charge in [0.15, 0.2) is 0 Å². The van der Waals surface area contributed by atoms with Crippen LogP contribution in [0.5, 0.6) is 0 Å². The first-order valence-electron chi connectivity index (χ1n) is 6.51. The second-order valence-electron chi connectivity index (χ2n) is 4.94. The summed E-state index contributed by atoms with van der Waals surface area (Å²) in [6.45, 7) is 7.72. The van der Waals surface area contributed by atoms with Crippen LogP contribution in [0.2, 0.25) is 0 Å². The zero-order valence-corrected chi connectivity index (χ0v) is 10.0. The highest BCUT2D eigenvalue weighted by Gasteiger charge is 2.28. The highest BCUT2D eigenvalue weighted by Crippen LogP contribution is 2.20. The van der Waals surface area contributed by atoms with Gasteiger partial charge in [-0.15, -0.1) is 0 Å². The molecule has 1 unspecified atom stereocenters. The average Bonchev–Trinajstić information content (AvgIpc) is 2.29. The predicted molar refractivity (Wildman–Crippen MR) is 64.2 cm³/mol. The minimum Gasteiger partial charge on any atom is -0.320 e. The highest BCUT2D eigenvalue weighted by atomic mass is 15.3. The number of hydrogen-bond acceptors (Lipinski definition) is 3. The van der Waals surface area contributed by atoms with Crippen LogP contribution < -0.4 is 5.32 Å². The first kappa shape index (κ1) is 11.4. The van der Waals surface area contributed by atoms with E-state index in [4.69, 9.17) is 0 Å². The topological polar surface area (TPSA) is 18.5 Å². The molecular formula is C12H25N3. The average molecular weight is 211 g/mol. The molecule has 0 amide bonds. The van der Waals surface area contributed by atoms with Crippen LogP contribution in [0.3, 0.4) is 0 Å². The molecule has 0 aromatic rings. The molecule has 0 aromatic heterocycles. The summed E-state index contributed by atoms with van der Waals surface area (Å²) in [7, 11) is 2.04. The van der Waals surface area contributed by atoms with E-state index in [2.05, 4.69) is 15.1 Å². The van der Waals surface area contributed by atoms with E-state index in [1.807, 2.05) is 7.05 Å². The lowest BCUT2D eigenvalue weighted by atomic mass is 9.99. The summed E-state index contributed by atoms with van der Waals surface area (Å²) in [6.07, 6.45) is 5.60. The highest BCUT2D eigenvalue weighted by molar-refractivity contribution is 4.84. The van der Waals surface area contributed by atoms with Crippen LogP contribution in [-0.2, 0) is 0 Å². The Hall–Kier alpha value is -0.120. The molecule has 2 fully saturated rings. The summed E-state index contributed by atoms with van der Waals surface area (Å²) in [5.74, 6) is 0. The lowest BCUT2D eigenvalue weighted by molar-refractivity contribution is 0.0490. The second kappa shape index (κ2) is 5.83. The van der Waals surface area contributed by atoms with Crippen molar-refractivity contribution in [2.24, 2.45) is 0 Å². The van der Waals surface area contributed by atoms with E-state index in [0.717, 1.165) is 12.6 Å². The Kier molecular flexibility index (Phi) is 4.42. The van der Waals surface area contributed by atoms with Gasteiger partial charge in [0.05, 0.1) is 0 Å². The maximum absolute atomic E-state index is 3.23. The molecule has 2 saturated heterocycles. The SMILES string of the molecule is CNCCCN1CCN2CCCCC2C1. The molecule has 0 bridgehead atoms. The van der Waals surface area contributed by atoms with Gasteiger partial charge in [0.25, 0.3) is 0 Å². The number of piperidine rings is 1. The first-order chi connectivity index (χ1) is 7.40. The molecule has 3 nitrogen and oxygen atoms in total. The standard InChI is InChI=1S/C12H25N3/c1-13-6-4-7-14-9-10-15-8-3-2-5-12(15)11-14/h12-13H,2-11H2,1H3. The van der Waals surface area contributed by atoms with Crippen molar-refractivity contribution in [3.8, 4) is 0 Å². The summed E-state index contributed by atoms with van der Waals surface area (Å²) in [6, 6.07) is 0.877. The van der Waals surface area contributed by atoms with Crippen molar-refractivity contribution in [2.75, 3.05) is 46.3 Å². The fraction of sp³-hybridized carbons (Fsp3) is 1.00. The summed E-state index contributed by atoms with van der Waals surface area (Å²) in [5, 5.41) is 3.23. The van der Waals surface area contributed by atoms with E-state index in [0.29, 0.717) is 0 Å². The normalized spacial score (nSPS) is 29.0. The third-order valence-corrected chi connectivity index (χ3v) is 3.82. The Morgan fingerprint density at radius 1 is 1.20 bits per heavy atom. The molecule has 1 N–H and O–H groups in total. The predicted octanol–water partition coefficient (Wildman–Crippen LogP) is 0.766. The van der Waals surface area contributed by atoms with Crippen LogP contribution in [0.4, 0.5) is 0 Å². The fourth-order valence-corrected chi connectivity index (χ4v) is 2.90. The Morgan fingerprint density at radius 2 is 2.13 bits per heavy atom. The molecule has 1 atom stereocenters. The molecule has 0 aromatic carbocycles. The molecule has 88 valence electrons. The van der Waals surface area contributed by atoms with Crippen molar-refractivity contribution in [2.45, 2.75) is 31.7 Å². The van der Waals surface area contributed by atoms with E-state index in [-0.39, 0.29) is 0 Å². The third kappa shape index (κ3) is 3.16. The van der Waals surface area contributed by atoms with Crippen molar-refractivity contribution in [3.63, 3.8) is 0 Å². The third-order valence-electron chi connectivity index (χ3n) is 3.82. The zero-order chi connectivity index (χ0) is 10.5. The van der Waals surface area contributed by atoms with E-state index in [9.17, 15) is 0 Å². The van der Waals surface area contributed by atoms with Gasteiger partial charge in [-0.2, -0.15) is 0 Å². The van der Waals surface area contributed by atoms with Gasteiger partial charge in [-0.3, -0.25) is 4.90 Å². The van der Waals surface area contributed by atoms with Crippen molar-refractivity contribution in [1.82, 2.24) is 15.1 Å². The van der Waals surface area contributed by atoms with Crippen LogP contribution in [0.1, 0.15) is 25.7 Å². The number of nitrogens with zero attached hydrogens (tertiary/aromatic N) is 2. The van der Waals surface area contributed by atoms with Gasteiger partial charge in [0, 0.05) is 25.7 Å². The molecule has 3 heteroatoms. The maximum atomic E-state index is 3.23. The Labute approximate surface area is 93.8 Å². The van der Waals surface area contributed by atoms with E-state index in [1.165, 1.54) is 58.4 Å². The van der Waals surface area contributed by atoms with Crippen LogP contribution in [-0.4, -0.2) is 62.2 Å². The minimum atomic E-state index is 0.877. The minimum absolute atomic E-state index is 0.877. The molecule has 15 heavy (non-hydrogen) atoms. The number of rotatable bonds is 4.